The summed E-state index contributed by atoms with van der Waals surface area (Å²) in [6.45, 7) is 6.55. The lowest BCUT2D eigenvalue weighted by atomic mass is 9.98. The van der Waals surface area contributed by atoms with Crippen LogP contribution in [-0.2, 0) is 0 Å². The molecule has 112 valence electrons. The Morgan fingerprint density at radius 3 is 2.65 bits per heavy atom. The van der Waals surface area contributed by atoms with Crippen molar-refractivity contribution in [3.05, 3.63) is 11.8 Å². The molecule has 0 amide bonds. The summed E-state index contributed by atoms with van der Waals surface area (Å²) in [5.74, 6) is 1.89. The van der Waals surface area contributed by atoms with Crippen molar-refractivity contribution in [3.8, 4) is 5.88 Å². The van der Waals surface area contributed by atoms with Crippen LogP contribution in [0.15, 0.2) is 6.07 Å². The van der Waals surface area contributed by atoms with E-state index in [1.165, 1.54) is 25.7 Å². The van der Waals surface area contributed by atoms with E-state index in [-0.39, 0.29) is 12.1 Å². The Morgan fingerprint density at radius 1 is 1.35 bits per heavy atom. The molecule has 0 spiro atoms. The molecule has 0 aliphatic heterocycles. The highest BCUT2D eigenvalue weighted by atomic mass is 16.5. The Labute approximate surface area is 121 Å². The second-order valence-corrected chi connectivity index (χ2v) is 5.87. The van der Waals surface area contributed by atoms with Crippen molar-refractivity contribution >= 4 is 5.95 Å². The Bertz CT molecular complexity index is 430. The number of nitrogens with one attached hydrogen (secondary N) is 1. The molecule has 1 aromatic rings. The Balaban J connectivity index is 2.08. The lowest BCUT2D eigenvalue weighted by Gasteiger charge is -2.23. The predicted octanol–water partition coefficient (Wildman–Crippen LogP) is 2.50. The van der Waals surface area contributed by atoms with E-state index in [4.69, 9.17) is 10.5 Å². The normalized spacial score (nSPS) is 17.4. The highest BCUT2D eigenvalue weighted by Gasteiger charge is 2.24. The van der Waals surface area contributed by atoms with Crippen molar-refractivity contribution in [2.75, 3.05) is 11.9 Å². The molecule has 1 saturated carbocycles. The minimum atomic E-state index is 0.109. The summed E-state index contributed by atoms with van der Waals surface area (Å²) in [6, 6.07) is 2.12. The van der Waals surface area contributed by atoms with Gasteiger partial charge in [-0.2, -0.15) is 4.98 Å². The quantitative estimate of drug-likeness (QED) is 0.836. The van der Waals surface area contributed by atoms with Gasteiger partial charge >= 0.3 is 0 Å². The summed E-state index contributed by atoms with van der Waals surface area (Å²) in [5.41, 5.74) is 6.81. The molecule has 1 unspecified atom stereocenters. The van der Waals surface area contributed by atoms with Crippen LogP contribution in [0.25, 0.3) is 0 Å². The van der Waals surface area contributed by atoms with E-state index >= 15 is 0 Å². The first-order chi connectivity index (χ1) is 9.58. The number of aromatic nitrogens is 2. The molecular formula is C15H26N4O. The zero-order chi connectivity index (χ0) is 14.5. The molecule has 20 heavy (non-hydrogen) atoms. The van der Waals surface area contributed by atoms with Crippen molar-refractivity contribution in [1.29, 1.82) is 0 Å². The molecule has 5 heteroatoms. The van der Waals surface area contributed by atoms with Gasteiger partial charge in [0.25, 0.3) is 0 Å². The number of rotatable bonds is 6. The van der Waals surface area contributed by atoms with Crippen LogP contribution in [0.2, 0.25) is 0 Å². The van der Waals surface area contributed by atoms with Crippen molar-refractivity contribution in [2.45, 2.75) is 58.6 Å². The van der Waals surface area contributed by atoms with Gasteiger partial charge in [0.1, 0.15) is 0 Å². The number of anilines is 1. The topological polar surface area (TPSA) is 73.1 Å². The van der Waals surface area contributed by atoms with Crippen LogP contribution in [0.4, 0.5) is 5.95 Å². The third kappa shape index (κ3) is 4.07. The number of nitrogens with zero attached hydrogens (tertiary/aromatic N) is 2. The molecule has 2 rings (SSSR count). The molecule has 1 aliphatic rings. The maximum absolute atomic E-state index is 5.91. The van der Waals surface area contributed by atoms with Crippen LogP contribution >= 0.6 is 0 Å². The lowest BCUT2D eigenvalue weighted by Crippen LogP contribution is -2.35. The summed E-state index contributed by atoms with van der Waals surface area (Å²) >= 11 is 0. The average molecular weight is 278 g/mol. The smallest absolute Gasteiger partial charge is 0.226 e. The predicted molar refractivity (Wildman–Crippen MR) is 81.0 cm³/mol. The van der Waals surface area contributed by atoms with Gasteiger partial charge in [-0.05, 0) is 39.5 Å². The van der Waals surface area contributed by atoms with Gasteiger partial charge in [0.05, 0.1) is 6.10 Å². The lowest BCUT2D eigenvalue weighted by molar-refractivity contribution is 0.232. The van der Waals surface area contributed by atoms with E-state index in [0.29, 0.717) is 24.3 Å². The Kier molecular flexibility index (Phi) is 5.17. The van der Waals surface area contributed by atoms with Gasteiger partial charge in [-0.3, -0.25) is 0 Å². The molecule has 0 aromatic carbocycles. The van der Waals surface area contributed by atoms with Crippen molar-refractivity contribution in [2.24, 2.45) is 11.7 Å². The molecule has 0 saturated heterocycles. The minimum Gasteiger partial charge on any atom is -0.475 e. The largest absolute Gasteiger partial charge is 0.475 e. The third-order valence-electron chi connectivity index (χ3n) is 3.72. The van der Waals surface area contributed by atoms with Crippen LogP contribution in [0, 0.1) is 12.8 Å². The maximum Gasteiger partial charge on any atom is 0.226 e. The van der Waals surface area contributed by atoms with Gasteiger partial charge in [-0.25, -0.2) is 4.98 Å². The van der Waals surface area contributed by atoms with Gasteiger partial charge in [-0.1, -0.05) is 12.8 Å². The van der Waals surface area contributed by atoms with E-state index in [1.807, 2.05) is 26.8 Å². The van der Waals surface area contributed by atoms with Crippen molar-refractivity contribution in [3.63, 3.8) is 0 Å². The second kappa shape index (κ2) is 6.88. The molecule has 1 heterocycles. The summed E-state index contributed by atoms with van der Waals surface area (Å²) in [5, 5.41) is 3.40. The van der Waals surface area contributed by atoms with Gasteiger partial charge in [-0.15, -0.1) is 0 Å². The number of ether oxygens (including phenoxy) is 1. The summed E-state index contributed by atoms with van der Waals surface area (Å²) < 4.78 is 5.65. The SMILES string of the molecule is Cc1cc(OC(C)C)nc(NC(CN)C2CCCC2)n1. The summed E-state index contributed by atoms with van der Waals surface area (Å²) in [7, 11) is 0. The van der Waals surface area contributed by atoms with E-state index in [2.05, 4.69) is 15.3 Å². The minimum absolute atomic E-state index is 0.109. The molecule has 1 fully saturated rings. The number of hydrogen-bond donors (Lipinski definition) is 2. The van der Waals surface area contributed by atoms with Crippen molar-refractivity contribution < 1.29 is 4.74 Å². The summed E-state index contributed by atoms with van der Waals surface area (Å²) in [4.78, 5) is 8.88. The van der Waals surface area contributed by atoms with E-state index in [1.54, 1.807) is 0 Å². The van der Waals surface area contributed by atoms with Gasteiger partial charge in [0.2, 0.25) is 11.8 Å². The fraction of sp³-hybridized carbons (Fsp3) is 0.733. The molecule has 0 bridgehead atoms. The van der Waals surface area contributed by atoms with Gasteiger partial charge in [0.15, 0.2) is 0 Å². The molecule has 1 aromatic heterocycles. The Morgan fingerprint density at radius 2 is 2.05 bits per heavy atom. The van der Waals surface area contributed by atoms with Crippen LogP contribution < -0.4 is 15.8 Å². The van der Waals surface area contributed by atoms with Crippen LogP contribution in [0.5, 0.6) is 5.88 Å². The first kappa shape index (κ1) is 15.0. The first-order valence-corrected chi connectivity index (χ1v) is 7.57. The molecular weight excluding hydrogens is 252 g/mol. The molecule has 1 atom stereocenters. The van der Waals surface area contributed by atoms with Gasteiger partial charge in [0, 0.05) is 24.3 Å². The van der Waals surface area contributed by atoms with Crippen molar-refractivity contribution in [1.82, 2.24) is 9.97 Å². The second-order valence-electron chi connectivity index (χ2n) is 5.87. The zero-order valence-corrected chi connectivity index (χ0v) is 12.7. The number of aryl methyl sites for hydroxylation is 1. The average Bonchev–Trinajstić information content (AvgIpc) is 2.88. The van der Waals surface area contributed by atoms with Crippen LogP contribution in [0.3, 0.4) is 0 Å². The maximum atomic E-state index is 5.91. The highest BCUT2D eigenvalue weighted by molar-refractivity contribution is 5.32. The number of nitrogens with two attached hydrogens (primary N) is 1. The van der Waals surface area contributed by atoms with Crippen LogP contribution in [0.1, 0.15) is 45.2 Å². The molecule has 0 radical (unpaired) electrons. The standard InChI is InChI=1S/C15H26N4O/c1-10(2)20-14-8-11(3)17-15(19-14)18-13(9-16)12-6-4-5-7-12/h8,10,12-13H,4-7,9,16H2,1-3H3,(H,17,18,19). The van der Waals surface area contributed by atoms with Crippen LogP contribution in [-0.4, -0.2) is 28.7 Å². The third-order valence-corrected chi connectivity index (χ3v) is 3.72. The fourth-order valence-corrected chi connectivity index (χ4v) is 2.80. The van der Waals surface area contributed by atoms with Gasteiger partial charge < -0.3 is 15.8 Å². The summed E-state index contributed by atoms with van der Waals surface area (Å²) in [6.07, 6.45) is 5.21. The highest BCUT2D eigenvalue weighted by Crippen LogP contribution is 2.28. The molecule has 1 aliphatic carbocycles. The van der Waals surface area contributed by atoms with E-state index < -0.39 is 0 Å². The van der Waals surface area contributed by atoms with E-state index in [0.717, 1.165) is 5.69 Å². The Hall–Kier alpha value is -1.36. The molecule has 5 nitrogen and oxygen atoms in total. The zero-order valence-electron chi connectivity index (χ0n) is 12.7. The van der Waals surface area contributed by atoms with E-state index in [9.17, 15) is 0 Å². The first-order valence-electron chi connectivity index (χ1n) is 7.57. The molecule has 3 N–H and O–H groups in total. The fourth-order valence-electron chi connectivity index (χ4n) is 2.80. The monoisotopic (exact) mass is 278 g/mol. The number of hydrogen-bond acceptors (Lipinski definition) is 5.